The largest absolute Gasteiger partial charge is 0.465 e. The molecule has 3 aromatic rings. The molecular formula is C24H20INO6. The maximum atomic E-state index is 12.7. The van der Waals surface area contributed by atoms with Crippen molar-refractivity contribution in [3.63, 3.8) is 0 Å². The molecule has 0 fully saturated rings. The summed E-state index contributed by atoms with van der Waals surface area (Å²) in [5.74, 6) is -1.69. The number of methoxy groups -OCH3 is 3. The molecule has 32 heavy (non-hydrogen) atoms. The normalized spacial score (nSPS) is 10.2. The van der Waals surface area contributed by atoms with Gasteiger partial charge in [-0.05, 0) is 65.1 Å². The summed E-state index contributed by atoms with van der Waals surface area (Å²) in [4.78, 5) is 39.5. The summed E-state index contributed by atoms with van der Waals surface area (Å²) in [7, 11) is 3.87. The van der Waals surface area contributed by atoms with Crippen LogP contribution in [0.1, 0.15) is 31.1 Å². The van der Waals surface area contributed by atoms with E-state index in [1.807, 2.05) is 6.07 Å². The van der Waals surface area contributed by atoms with E-state index in [1.54, 1.807) is 65.6 Å². The van der Waals surface area contributed by atoms with Gasteiger partial charge in [0, 0.05) is 3.57 Å². The van der Waals surface area contributed by atoms with Gasteiger partial charge in [0.05, 0.1) is 55.1 Å². The summed E-state index contributed by atoms with van der Waals surface area (Å²) in [6.45, 7) is 0. The van der Waals surface area contributed by atoms with Gasteiger partial charge in [-0.1, -0.05) is 24.3 Å². The molecule has 0 aliphatic carbocycles. The number of benzene rings is 3. The Morgan fingerprint density at radius 3 is 1.50 bits per heavy atom. The maximum absolute atomic E-state index is 12.7. The Morgan fingerprint density at radius 2 is 1.03 bits per heavy atom. The third-order valence-corrected chi connectivity index (χ3v) is 5.38. The van der Waals surface area contributed by atoms with Crippen LogP contribution in [-0.2, 0) is 14.2 Å². The number of rotatable bonds is 6. The van der Waals surface area contributed by atoms with Gasteiger partial charge in [0.1, 0.15) is 0 Å². The van der Waals surface area contributed by atoms with Crippen molar-refractivity contribution in [1.29, 1.82) is 0 Å². The third kappa shape index (κ3) is 4.59. The van der Waals surface area contributed by atoms with Gasteiger partial charge in [0.25, 0.3) is 0 Å². The third-order valence-electron chi connectivity index (χ3n) is 4.71. The predicted octanol–water partition coefficient (Wildman–Crippen LogP) is 5.12. The van der Waals surface area contributed by atoms with E-state index in [0.717, 1.165) is 3.57 Å². The van der Waals surface area contributed by atoms with Gasteiger partial charge in [0.15, 0.2) is 0 Å². The highest BCUT2D eigenvalue weighted by atomic mass is 127. The highest BCUT2D eigenvalue weighted by Crippen LogP contribution is 2.41. The molecule has 3 rings (SSSR count). The smallest absolute Gasteiger partial charge is 0.340 e. The first-order valence-corrected chi connectivity index (χ1v) is 10.5. The van der Waals surface area contributed by atoms with Gasteiger partial charge in [-0.15, -0.1) is 0 Å². The van der Waals surface area contributed by atoms with Crippen molar-refractivity contribution in [2.45, 2.75) is 0 Å². The molecule has 0 saturated heterocycles. The summed E-state index contributed by atoms with van der Waals surface area (Å²) < 4.78 is 15.7. The highest BCUT2D eigenvalue weighted by Gasteiger charge is 2.27. The second-order valence-corrected chi connectivity index (χ2v) is 7.75. The van der Waals surface area contributed by atoms with Crippen molar-refractivity contribution in [3.05, 3.63) is 87.0 Å². The minimum Gasteiger partial charge on any atom is -0.465 e. The Kier molecular flexibility index (Phi) is 7.47. The lowest BCUT2D eigenvalue weighted by Crippen LogP contribution is -2.20. The number of hydrogen-bond donors (Lipinski definition) is 0. The number of carbonyl (C=O) groups excluding carboxylic acids is 3. The Hall–Kier alpha value is -3.40. The molecule has 7 nitrogen and oxygen atoms in total. The fourth-order valence-corrected chi connectivity index (χ4v) is 3.76. The lowest BCUT2D eigenvalue weighted by Gasteiger charge is -2.29. The summed E-state index contributed by atoms with van der Waals surface area (Å²) in [6, 6.07) is 18.8. The summed E-state index contributed by atoms with van der Waals surface area (Å²) in [5.41, 5.74) is 2.03. The molecule has 0 bridgehead atoms. The Morgan fingerprint density at radius 1 is 0.625 bits per heavy atom. The van der Waals surface area contributed by atoms with E-state index in [1.165, 1.54) is 21.3 Å². The van der Waals surface area contributed by atoms with E-state index in [4.69, 9.17) is 14.2 Å². The lowest BCUT2D eigenvalue weighted by molar-refractivity contribution is 0.0593. The van der Waals surface area contributed by atoms with Crippen LogP contribution in [-0.4, -0.2) is 39.2 Å². The van der Waals surface area contributed by atoms with Crippen LogP contribution in [0.2, 0.25) is 0 Å². The van der Waals surface area contributed by atoms with Gasteiger partial charge < -0.3 is 19.1 Å². The fraction of sp³-hybridized carbons (Fsp3) is 0.125. The molecule has 0 N–H and O–H groups in total. The Bertz CT molecular complexity index is 1120. The van der Waals surface area contributed by atoms with Crippen LogP contribution in [0.15, 0.2) is 66.7 Å². The zero-order valence-corrected chi connectivity index (χ0v) is 19.8. The van der Waals surface area contributed by atoms with Gasteiger partial charge in [-0.2, -0.15) is 0 Å². The van der Waals surface area contributed by atoms with E-state index >= 15 is 0 Å². The van der Waals surface area contributed by atoms with Crippen LogP contribution >= 0.6 is 22.6 Å². The van der Waals surface area contributed by atoms with E-state index in [9.17, 15) is 14.4 Å². The van der Waals surface area contributed by atoms with Crippen LogP contribution in [0.3, 0.4) is 0 Å². The number of carbonyl (C=O) groups is 3. The molecule has 0 amide bonds. The second kappa shape index (κ2) is 10.3. The molecule has 0 unspecified atom stereocenters. The number of nitrogens with zero attached hydrogens (tertiary/aromatic N) is 1. The van der Waals surface area contributed by atoms with Gasteiger partial charge in [-0.25, -0.2) is 14.4 Å². The molecule has 0 spiro atoms. The SMILES string of the molecule is COC(=O)c1ccccc1N(c1ccccc1C(=O)OC)c1ccc(I)cc1C(=O)OC. The second-order valence-electron chi connectivity index (χ2n) is 6.51. The Balaban J connectivity index is 2.41. The van der Waals surface area contributed by atoms with Crippen molar-refractivity contribution in [3.8, 4) is 0 Å². The standard InChI is InChI=1S/C24H20INO6/c1-30-22(27)16-8-4-6-10-19(16)26(20-11-7-5-9-17(20)23(28)31-2)21-13-12-15(25)14-18(21)24(29)32-3/h4-14H,1-3H3. The van der Waals surface area contributed by atoms with Gasteiger partial charge in [0.2, 0.25) is 0 Å². The number of esters is 3. The molecule has 0 atom stereocenters. The number of anilines is 3. The molecule has 0 aliphatic heterocycles. The van der Waals surface area contributed by atoms with Gasteiger partial charge >= 0.3 is 17.9 Å². The van der Waals surface area contributed by atoms with Crippen LogP contribution in [0.5, 0.6) is 0 Å². The molecule has 3 aromatic carbocycles. The maximum Gasteiger partial charge on any atom is 0.340 e. The van der Waals surface area contributed by atoms with Crippen LogP contribution in [0, 0.1) is 3.57 Å². The molecule has 8 heteroatoms. The number of halogens is 1. The predicted molar refractivity (Wildman–Crippen MR) is 128 cm³/mol. The summed E-state index contributed by atoms with van der Waals surface area (Å²) >= 11 is 2.10. The minimum absolute atomic E-state index is 0.254. The van der Waals surface area contributed by atoms with Gasteiger partial charge in [-0.3, -0.25) is 0 Å². The number of ether oxygens (including phenoxy) is 3. The molecule has 0 saturated carbocycles. The van der Waals surface area contributed by atoms with E-state index < -0.39 is 17.9 Å². The molecule has 0 aromatic heterocycles. The lowest BCUT2D eigenvalue weighted by atomic mass is 10.0. The van der Waals surface area contributed by atoms with Crippen molar-refractivity contribution in [2.24, 2.45) is 0 Å². The van der Waals surface area contributed by atoms with E-state index in [0.29, 0.717) is 17.1 Å². The number of hydrogen-bond acceptors (Lipinski definition) is 7. The average Bonchev–Trinajstić information content (AvgIpc) is 2.84. The summed E-state index contributed by atoms with van der Waals surface area (Å²) in [5, 5.41) is 0. The van der Waals surface area contributed by atoms with Crippen LogP contribution in [0.25, 0.3) is 0 Å². The first-order chi connectivity index (χ1) is 15.4. The summed E-state index contributed by atoms with van der Waals surface area (Å²) in [6.07, 6.45) is 0. The minimum atomic E-state index is -0.564. The molecular weight excluding hydrogens is 525 g/mol. The quantitative estimate of drug-likeness (QED) is 0.242. The monoisotopic (exact) mass is 545 g/mol. The van der Waals surface area contributed by atoms with Crippen molar-refractivity contribution < 1.29 is 28.6 Å². The van der Waals surface area contributed by atoms with Crippen molar-refractivity contribution >= 4 is 57.6 Å². The molecule has 0 heterocycles. The van der Waals surface area contributed by atoms with E-state index in [-0.39, 0.29) is 16.7 Å². The zero-order chi connectivity index (χ0) is 23.3. The number of para-hydroxylation sites is 2. The fourth-order valence-electron chi connectivity index (χ4n) is 3.27. The van der Waals surface area contributed by atoms with Crippen molar-refractivity contribution in [1.82, 2.24) is 0 Å². The molecule has 164 valence electrons. The molecule has 0 radical (unpaired) electrons. The Labute approximate surface area is 199 Å². The molecule has 0 aliphatic rings. The highest BCUT2D eigenvalue weighted by molar-refractivity contribution is 14.1. The van der Waals surface area contributed by atoms with Crippen molar-refractivity contribution in [2.75, 3.05) is 26.2 Å². The topological polar surface area (TPSA) is 82.1 Å². The van der Waals surface area contributed by atoms with Crippen LogP contribution in [0.4, 0.5) is 17.1 Å². The first kappa shape index (κ1) is 23.3. The van der Waals surface area contributed by atoms with E-state index in [2.05, 4.69) is 22.6 Å². The zero-order valence-electron chi connectivity index (χ0n) is 17.6. The van der Waals surface area contributed by atoms with Crippen LogP contribution < -0.4 is 4.90 Å². The first-order valence-electron chi connectivity index (χ1n) is 9.45. The average molecular weight is 545 g/mol.